The smallest absolute Gasteiger partial charge is 0.262 e. The third-order valence-electron chi connectivity index (χ3n) is 13.0. The fourth-order valence-corrected chi connectivity index (χ4v) is 10.2. The quantitative estimate of drug-likeness (QED) is 0.231. The number of carbonyl (C=O) groups excluding carboxylic acids is 5. The Bertz CT molecular complexity index is 2180. The molecule has 0 saturated carbocycles. The average Bonchev–Trinajstić information content (AvgIpc) is 3.65. The maximum absolute atomic E-state index is 13.8. The van der Waals surface area contributed by atoms with Crippen molar-refractivity contribution in [2.75, 3.05) is 55.6 Å². The second-order valence-corrected chi connectivity index (χ2v) is 16.9. The fourth-order valence-electron chi connectivity index (χ4n) is 9.95. The number of amides is 5. The zero-order chi connectivity index (χ0) is 40.1. The number of fused-ring (bicyclic) bond motifs is 3. The summed E-state index contributed by atoms with van der Waals surface area (Å²) in [6.07, 6.45) is 5.95. The first-order valence-electron chi connectivity index (χ1n) is 20.5. The zero-order valence-corrected chi connectivity index (χ0v) is 33.0. The van der Waals surface area contributed by atoms with Gasteiger partial charge in [-0.3, -0.25) is 39.1 Å². The van der Waals surface area contributed by atoms with Crippen LogP contribution in [-0.4, -0.2) is 114 Å². The molecule has 5 saturated heterocycles. The Kier molecular flexibility index (Phi) is 10.3. The van der Waals surface area contributed by atoms with E-state index in [-0.39, 0.29) is 42.8 Å². The van der Waals surface area contributed by atoms with Gasteiger partial charge >= 0.3 is 0 Å². The molecule has 14 heteroatoms. The molecular formula is C44H46ClN7O6. The number of rotatable bonds is 8. The Morgan fingerprint density at radius 2 is 1.45 bits per heavy atom. The summed E-state index contributed by atoms with van der Waals surface area (Å²) >= 11 is 6.23. The van der Waals surface area contributed by atoms with Crippen molar-refractivity contribution < 1.29 is 28.7 Å². The van der Waals surface area contributed by atoms with E-state index >= 15 is 0 Å². The van der Waals surface area contributed by atoms with Crippen LogP contribution in [0.2, 0.25) is 5.02 Å². The number of hydrogen-bond donors (Lipinski definition) is 1. The monoisotopic (exact) mass is 803 g/mol. The van der Waals surface area contributed by atoms with E-state index in [2.05, 4.69) is 41.9 Å². The normalized spacial score (nSPS) is 25.2. The van der Waals surface area contributed by atoms with Gasteiger partial charge in [-0.05, 0) is 92.6 Å². The molecule has 58 heavy (non-hydrogen) atoms. The van der Waals surface area contributed by atoms with Gasteiger partial charge in [0.05, 0.1) is 22.7 Å². The largest absolute Gasteiger partial charge is 0.490 e. The van der Waals surface area contributed by atoms with Gasteiger partial charge in [-0.1, -0.05) is 17.7 Å². The molecule has 300 valence electrons. The number of carbonyl (C=O) groups is 5. The van der Waals surface area contributed by atoms with Crippen molar-refractivity contribution in [3.05, 3.63) is 93.8 Å². The van der Waals surface area contributed by atoms with Crippen LogP contribution < -0.4 is 19.9 Å². The topological polar surface area (TPSA) is 127 Å². The predicted molar refractivity (Wildman–Crippen MR) is 217 cm³/mol. The molecule has 6 aliphatic heterocycles. The minimum Gasteiger partial charge on any atom is -0.490 e. The number of benzene rings is 3. The van der Waals surface area contributed by atoms with Gasteiger partial charge in [0, 0.05) is 94.1 Å². The van der Waals surface area contributed by atoms with Crippen LogP contribution in [0.15, 0.2) is 60.7 Å². The number of hydrogen-bond acceptors (Lipinski definition) is 9. The molecule has 0 radical (unpaired) electrons. The molecule has 3 aromatic rings. The molecule has 3 aromatic carbocycles. The Hall–Kier alpha value is -5.45. The second kappa shape index (κ2) is 15.7. The van der Waals surface area contributed by atoms with E-state index in [9.17, 15) is 24.0 Å². The predicted octanol–water partition coefficient (Wildman–Crippen LogP) is 5.55. The van der Waals surface area contributed by atoms with Gasteiger partial charge in [0.1, 0.15) is 17.9 Å². The number of anilines is 2. The minimum absolute atomic E-state index is 0.00633. The van der Waals surface area contributed by atoms with E-state index in [1.54, 1.807) is 30.3 Å². The summed E-state index contributed by atoms with van der Waals surface area (Å²) in [7, 11) is 0. The molecule has 0 spiro atoms. The lowest BCUT2D eigenvalue weighted by Gasteiger charge is -2.40. The minimum atomic E-state index is -0.970. The summed E-state index contributed by atoms with van der Waals surface area (Å²) in [5.74, 6) is -0.604. The molecule has 2 bridgehead atoms. The highest BCUT2D eigenvalue weighted by Gasteiger charge is 2.46. The standard InChI is InChI=1S/C44H46ClN7O6/c1-46-38-11-9-33(25-37(38)45)58-34-22-31-6-7-32(23-34)51(31)42(55)28-2-4-29(5-3-28)49-16-14-27(15-17-49)26-48-18-20-50(21-19-48)30-8-10-35-36(24-30)44(57)52(43(35)56)39-12-13-40(53)47-41(39)54/h2-5,8-11,24-25,27,31-32,34,39H,6-7,12-23,26H2,(H,47,53,54). The average molecular weight is 804 g/mol. The lowest BCUT2D eigenvalue weighted by Crippen LogP contribution is -2.54. The molecule has 1 N–H and O–H groups in total. The molecule has 0 aromatic heterocycles. The number of imide groups is 2. The molecular weight excluding hydrogens is 758 g/mol. The molecule has 6 heterocycles. The lowest BCUT2D eigenvalue weighted by molar-refractivity contribution is -0.136. The number of ether oxygens (including phenoxy) is 1. The van der Waals surface area contributed by atoms with Crippen molar-refractivity contribution >= 4 is 58.2 Å². The maximum atomic E-state index is 13.8. The third-order valence-corrected chi connectivity index (χ3v) is 13.3. The lowest BCUT2D eigenvalue weighted by atomic mass is 9.95. The van der Waals surface area contributed by atoms with Crippen LogP contribution in [0.25, 0.3) is 4.85 Å². The van der Waals surface area contributed by atoms with Crippen LogP contribution in [0, 0.1) is 12.5 Å². The highest BCUT2D eigenvalue weighted by atomic mass is 35.5. The molecule has 9 rings (SSSR count). The third kappa shape index (κ3) is 7.28. The summed E-state index contributed by atoms with van der Waals surface area (Å²) in [6, 6.07) is 18.0. The number of piperazine rings is 1. The van der Waals surface area contributed by atoms with E-state index in [1.807, 2.05) is 18.2 Å². The molecule has 3 unspecified atom stereocenters. The van der Waals surface area contributed by atoms with Crippen molar-refractivity contribution in [1.29, 1.82) is 0 Å². The Balaban J connectivity index is 0.730. The zero-order valence-electron chi connectivity index (χ0n) is 32.3. The molecule has 3 atom stereocenters. The van der Waals surface area contributed by atoms with Crippen molar-refractivity contribution in [2.45, 2.75) is 75.6 Å². The van der Waals surface area contributed by atoms with Crippen molar-refractivity contribution in [3.8, 4) is 5.75 Å². The van der Waals surface area contributed by atoms with Crippen molar-refractivity contribution in [3.63, 3.8) is 0 Å². The summed E-state index contributed by atoms with van der Waals surface area (Å²) in [5.41, 5.74) is 3.79. The molecule has 6 aliphatic rings. The van der Waals surface area contributed by atoms with Gasteiger partial charge in [0.15, 0.2) is 0 Å². The Morgan fingerprint density at radius 1 is 0.776 bits per heavy atom. The summed E-state index contributed by atoms with van der Waals surface area (Å²) in [5, 5.41) is 2.64. The van der Waals surface area contributed by atoms with Crippen molar-refractivity contribution in [2.24, 2.45) is 5.92 Å². The van der Waals surface area contributed by atoms with Gasteiger partial charge < -0.3 is 19.4 Å². The first-order valence-corrected chi connectivity index (χ1v) is 20.9. The van der Waals surface area contributed by atoms with Gasteiger partial charge in [-0.25, -0.2) is 4.85 Å². The molecule has 0 aliphatic carbocycles. The second-order valence-electron chi connectivity index (χ2n) is 16.5. The van der Waals surface area contributed by atoms with Crippen LogP contribution >= 0.6 is 11.6 Å². The van der Waals surface area contributed by atoms with Crippen molar-refractivity contribution in [1.82, 2.24) is 20.0 Å². The highest BCUT2D eigenvalue weighted by molar-refractivity contribution is 6.33. The number of halogens is 1. The summed E-state index contributed by atoms with van der Waals surface area (Å²) < 4.78 is 6.27. The van der Waals surface area contributed by atoms with Crippen LogP contribution in [-0.2, 0) is 9.59 Å². The molecule has 13 nitrogen and oxygen atoms in total. The van der Waals surface area contributed by atoms with E-state index in [0.717, 1.165) is 106 Å². The number of piperidine rings is 3. The number of nitrogens with zero attached hydrogens (tertiary/aromatic N) is 6. The summed E-state index contributed by atoms with van der Waals surface area (Å²) in [4.78, 5) is 78.0. The first kappa shape index (κ1) is 38.1. The van der Waals surface area contributed by atoms with Gasteiger partial charge in [-0.15, -0.1) is 0 Å². The van der Waals surface area contributed by atoms with Crippen LogP contribution in [0.3, 0.4) is 0 Å². The number of nitrogens with one attached hydrogen (secondary N) is 1. The van der Waals surface area contributed by atoms with E-state index in [1.165, 1.54) is 0 Å². The van der Waals surface area contributed by atoms with E-state index < -0.39 is 23.8 Å². The van der Waals surface area contributed by atoms with Crippen LogP contribution in [0.5, 0.6) is 5.75 Å². The van der Waals surface area contributed by atoms with Gasteiger partial charge in [0.25, 0.3) is 17.7 Å². The van der Waals surface area contributed by atoms with Gasteiger partial charge in [0.2, 0.25) is 17.5 Å². The first-order chi connectivity index (χ1) is 28.1. The molecule has 5 amide bonds. The highest BCUT2D eigenvalue weighted by Crippen LogP contribution is 2.40. The Labute approximate surface area is 342 Å². The van der Waals surface area contributed by atoms with E-state index in [4.69, 9.17) is 22.9 Å². The van der Waals surface area contributed by atoms with E-state index in [0.29, 0.717) is 33.5 Å². The Morgan fingerprint density at radius 3 is 2.12 bits per heavy atom. The molecule has 5 fully saturated rings. The van der Waals surface area contributed by atoms with Crippen LogP contribution in [0.4, 0.5) is 17.1 Å². The van der Waals surface area contributed by atoms with Gasteiger partial charge in [-0.2, -0.15) is 0 Å². The SMILES string of the molecule is [C-]#[N+]c1ccc(OC2CC3CCC(C2)N3C(=O)c2ccc(N3CCC(CN4CCN(c5ccc6c(c5)C(=O)N(C5CCC(=O)NC5=O)C6=O)CC4)CC3)cc2)cc1Cl. The fraction of sp³-hybridized carbons (Fsp3) is 0.455. The van der Waals surface area contributed by atoms with Crippen LogP contribution in [0.1, 0.15) is 82.4 Å². The summed E-state index contributed by atoms with van der Waals surface area (Å²) in [6.45, 7) is 13.6. The maximum Gasteiger partial charge on any atom is 0.262 e.